The van der Waals surface area contributed by atoms with E-state index in [4.69, 9.17) is 37.0 Å². The fourth-order valence-corrected chi connectivity index (χ4v) is 16.3. The molecule has 0 saturated carbocycles. The first-order valence-electron chi connectivity index (χ1n) is 48.4. The lowest BCUT2D eigenvalue weighted by atomic mass is 9.99. The zero-order valence-corrected chi connectivity index (χ0v) is 76.7. The number of ether oxygens (including phenoxy) is 4. The Bertz CT molecular complexity index is 2170. The Morgan fingerprint density at radius 1 is 0.257 bits per heavy atom. The average Bonchev–Trinajstić information content (AvgIpc) is 0.903. The molecular formula is C94H184O17P2. The summed E-state index contributed by atoms with van der Waals surface area (Å²) in [5.74, 6) is 0.307. The Labute approximate surface area is 696 Å². The highest BCUT2D eigenvalue weighted by molar-refractivity contribution is 7.47. The highest BCUT2D eigenvalue weighted by Gasteiger charge is 2.31. The first-order valence-corrected chi connectivity index (χ1v) is 51.4. The van der Waals surface area contributed by atoms with Crippen molar-refractivity contribution in [2.45, 2.75) is 523 Å². The van der Waals surface area contributed by atoms with Gasteiger partial charge < -0.3 is 33.8 Å². The molecule has 3 N–H and O–H groups in total. The van der Waals surface area contributed by atoms with Crippen molar-refractivity contribution in [1.29, 1.82) is 0 Å². The maximum Gasteiger partial charge on any atom is 0.472 e. The molecule has 0 fully saturated rings. The Balaban J connectivity index is 5.24. The maximum absolute atomic E-state index is 13.2. The summed E-state index contributed by atoms with van der Waals surface area (Å²) in [6, 6.07) is 0. The third kappa shape index (κ3) is 86.3. The van der Waals surface area contributed by atoms with E-state index in [9.17, 15) is 43.2 Å². The molecule has 0 spiro atoms. The van der Waals surface area contributed by atoms with Crippen LogP contribution in [0.1, 0.15) is 504 Å². The fraction of sp³-hybridized carbons (Fsp3) is 0.957. The SMILES string of the molecule is CCCCCCCCCCCCCCCCCCCCCCCCC(=O)O[C@H](COC(=O)CCCCCCCCCCCCCCCCCCCCC(C)C)COP(=O)(O)OC[C@@H](O)COP(=O)(O)OC[C@@H](COC(=O)CCCCCCCCCCC(C)CC)OC(=O)CCCCCCCCCCCCCCCCCC(C)C. The minimum Gasteiger partial charge on any atom is -0.462 e. The first kappa shape index (κ1) is 111. The third-order valence-electron chi connectivity index (χ3n) is 22.5. The zero-order chi connectivity index (χ0) is 82.9. The molecule has 3 unspecified atom stereocenters. The van der Waals surface area contributed by atoms with Crippen LogP contribution in [0, 0.1) is 17.8 Å². The molecule has 0 aliphatic heterocycles. The van der Waals surface area contributed by atoms with E-state index >= 15 is 0 Å². The van der Waals surface area contributed by atoms with Crippen molar-refractivity contribution in [3.8, 4) is 0 Å². The summed E-state index contributed by atoms with van der Waals surface area (Å²) in [5, 5.41) is 10.7. The Morgan fingerprint density at radius 2 is 0.451 bits per heavy atom. The normalized spacial score (nSPS) is 14.0. The maximum atomic E-state index is 13.2. The molecule has 0 aliphatic carbocycles. The summed E-state index contributed by atoms with van der Waals surface area (Å²) < 4.78 is 69.2. The molecule has 0 amide bonds. The number of hydrogen-bond acceptors (Lipinski definition) is 15. The molecule has 0 bridgehead atoms. The molecule has 672 valence electrons. The molecule has 0 aromatic rings. The summed E-state index contributed by atoms with van der Waals surface area (Å²) in [5.41, 5.74) is 0. The van der Waals surface area contributed by atoms with Gasteiger partial charge in [0.25, 0.3) is 0 Å². The minimum absolute atomic E-state index is 0.108. The predicted molar refractivity (Wildman–Crippen MR) is 469 cm³/mol. The largest absolute Gasteiger partial charge is 0.472 e. The van der Waals surface area contributed by atoms with Gasteiger partial charge in [0.05, 0.1) is 26.4 Å². The molecule has 0 radical (unpaired) electrons. The Hall–Kier alpha value is -1.94. The molecule has 17 nitrogen and oxygen atoms in total. The van der Waals surface area contributed by atoms with Crippen LogP contribution in [0.4, 0.5) is 0 Å². The smallest absolute Gasteiger partial charge is 0.462 e. The van der Waals surface area contributed by atoms with Crippen molar-refractivity contribution >= 4 is 39.5 Å². The summed E-state index contributed by atoms with van der Waals surface area (Å²) in [7, 11) is -9.94. The van der Waals surface area contributed by atoms with Crippen LogP contribution in [0.5, 0.6) is 0 Å². The Morgan fingerprint density at radius 3 is 0.673 bits per heavy atom. The summed E-state index contributed by atoms with van der Waals surface area (Å²) in [4.78, 5) is 73.5. The van der Waals surface area contributed by atoms with E-state index in [-0.39, 0.29) is 25.7 Å². The number of carbonyl (C=O) groups excluding carboxylic acids is 4. The molecule has 0 aromatic carbocycles. The first-order chi connectivity index (χ1) is 54.8. The third-order valence-corrected chi connectivity index (χ3v) is 24.4. The van der Waals surface area contributed by atoms with Crippen LogP contribution >= 0.6 is 15.6 Å². The van der Waals surface area contributed by atoms with E-state index in [0.29, 0.717) is 25.7 Å². The van der Waals surface area contributed by atoms with Crippen LogP contribution in [0.3, 0.4) is 0 Å². The minimum atomic E-state index is -4.97. The van der Waals surface area contributed by atoms with Crippen molar-refractivity contribution in [2.75, 3.05) is 39.6 Å². The van der Waals surface area contributed by atoms with E-state index in [2.05, 4.69) is 48.5 Å². The van der Waals surface area contributed by atoms with Crippen molar-refractivity contribution in [3.05, 3.63) is 0 Å². The van der Waals surface area contributed by atoms with Gasteiger partial charge in [0, 0.05) is 25.7 Å². The van der Waals surface area contributed by atoms with E-state index in [0.717, 1.165) is 108 Å². The van der Waals surface area contributed by atoms with Crippen LogP contribution in [0.25, 0.3) is 0 Å². The van der Waals surface area contributed by atoms with Gasteiger partial charge >= 0.3 is 39.5 Å². The van der Waals surface area contributed by atoms with Gasteiger partial charge in [-0.1, -0.05) is 453 Å². The second-order valence-electron chi connectivity index (χ2n) is 35.0. The van der Waals surface area contributed by atoms with Gasteiger partial charge in [0.1, 0.15) is 19.3 Å². The van der Waals surface area contributed by atoms with E-state index in [1.54, 1.807) is 0 Å². The van der Waals surface area contributed by atoms with Crippen LogP contribution in [-0.4, -0.2) is 96.7 Å². The van der Waals surface area contributed by atoms with Gasteiger partial charge in [-0.15, -0.1) is 0 Å². The molecule has 19 heteroatoms. The van der Waals surface area contributed by atoms with E-state index in [1.807, 2.05) is 0 Å². The number of esters is 4. The van der Waals surface area contributed by atoms with Crippen LogP contribution in [0.15, 0.2) is 0 Å². The highest BCUT2D eigenvalue weighted by atomic mass is 31.2. The number of unbranched alkanes of at least 4 members (excludes halogenated alkanes) is 59. The number of aliphatic hydroxyl groups excluding tert-OH is 1. The van der Waals surface area contributed by atoms with Gasteiger partial charge in [-0.05, 0) is 43.4 Å². The summed E-state index contributed by atoms with van der Waals surface area (Å²) in [6.45, 7) is 12.1. The highest BCUT2D eigenvalue weighted by Crippen LogP contribution is 2.45. The lowest BCUT2D eigenvalue weighted by Crippen LogP contribution is -2.30. The monoisotopic (exact) mass is 1650 g/mol. The second-order valence-corrected chi connectivity index (χ2v) is 37.9. The molecular weight excluding hydrogens is 1460 g/mol. The molecule has 113 heavy (non-hydrogen) atoms. The van der Waals surface area contributed by atoms with Crippen LogP contribution in [0.2, 0.25) is 0 Å². The number of phosphoric ester groups is 2. The summed E-state index contributed by atoms with van der Waals surface area (Å²) >= 11 is 0. The molecule has 0 rings (SSSR count). The topological polar surface area (TPSA) is 237 Å². The van der Waals surface area contributed by atoms with Gasteiger partial charge in [-0.25, -0.2) is 9.13 Å². The van der Waals surface area contributed by atoms with Crippen molar-refractivity contribution in [2.24, 2.45) is 17.8 Å². The molecule has 0 aromatic heterocycles. The number of rotatable bonds is 92. The Kier molecular flexibility index (Phi) is 82.3. The van der Waals surface area contributed by atoms with Crippen molar-refractivity contribution < 1.29 is 80.2 Å². The van der Waals surface area contributed by atoms with E-state index in [1.165, 1.54) is 315 Å². The lowest BCUT2D eigenvalue weighted by Gasteiger charge is -2.21. The molecule has 0 aliphatic rings. The van der Waals surface area contributed by atoms with Gasteiger partial charge in [0.15, 0.2) is 12.2 Å². The molecule has 0 saturated heterocycles. The number of hydrogen-bond donors (Lipinski definition) is 3. The zero-order valence-electron chi connectivity index (χ0n) is 74.9. The molecule has 6 atom stereocenters. The number of carbonyl (C=O) groups is 4. The fourth-order valence-electron chi connectivity index (χ4n) is 14.8. The van der Waals surface area contributed by atoms with Gasteiger partial charge in [-0.3, -0.25) is 37.3 Å². The number of phosphoric acid groups is 2. The van der Waals surface area contributed by atoms with Gasteiger partial charge in [0.2, 0.25) is 0 Å². The van der Waals surface area contributed by atoms with Crippen molar-refractivity contribution in [1.82, 2.24) is 0 Å². The second kappa shape index (κ2) is 83.7. The average molecular weight is 1650 g/mol. The quantitative estimate of drug-likeness (QED) is 0.0222. The van der Waals surface area contributed by atoms with Crippen LogP contribution in [-0.2, 0) is 65.4 Å². The molecule has 0 heterocycles. The predicted octanol–water partition coefficient (Wildman–Crippen LogP) is 29.2. The lowest BCUT2D eigenvalue weighted by molar-refractivity contribution is -0.161. The number of aliphatic hydroxyl groups is 1. The van der Waals surface area contributed by atoms with Crippen molar-refractivity contribution in [3.63, 3.8) is 0 Å². The summed E-state index contributed by atoms with van der Waals surface area (Å²) in [6.07, 6.45) is 77.9. The van der Waals surface area contributed by atoms with Gasteiger partial charge in [-0.2, -0.15) is 0 Å². The van der Waals surface area contributed by atoms with E-state index < -0.39 is 97.5 Å². The van der Waals surface area contributed by atoms with Crippen LogP contribution < -0.4 is 0 Å². The standard InChI is InChI=1S/C94H184O17P2/c1-8-10-11-12-13-14-15-16-17-18-19-20-21-22-27-32-37-42-47-56-63-70-77-93(98)110-89(81-104-91(96)75-68-61-54-46-41-36-31-26-24-23-25-29-34-39-44-51-58-65-72-85(3)4)83-108-112(100,101)106-79-88(95)80-107-113(102,103)109-84-90(82-105-92(97)76-69-62-55-50-49-53-60-67-74-87(7)9-2)111-94(99)78-71-64-57-48-43-38-33-28-30-35-40-45-52-59-66-73-86(5)6/h85-90,95H,8-84H2,1-7H3,(H,100,101)(H,102,103)/t87?,88-,89-,90-/m1/s1.